The normalized spacial score (nSPS) is 37.6. The van der Waals surface area contributed by atoms with E-state index < -0.39 is 5.41 Å². The van der Waals surface area contributed by atoms with Gasteiger partial charge in [0.05, 0.1) is 12.6 Å². The standard InChI is InChI=1S/C11H19N3O3/c1-7-4-11(5-7,9(12)14-16)10(15)13-8-2-3-17-6-8/h7-8,16H,2-6H2,1H3,(H2,12,14)(H,13,15). The number of oxime groups is 1. The molecule has 6 heteroatoms. The highest BCUT2D eigenvalue weighted by Gasteiger charge is 2.52. The van der Waals surface area contributed by atoms with Gasteiger partial charge < -0.3 is 21.0 Å². The summed E-state index contributed by atoms with van der Waals surface area (Å²) in [6.07, 6.45) is 2.11. The Hall–Kier alpha value is -1.30. The van der Waals surface area contributed by atoms with Crippen LogP contribution in [0.5, 0.6) is 0 Å². The van der Waals surface area contributed by atoms with Crippen molar-refractivity contribution < 1.29 is 14.7 Å². The Kier molecular flexibility index (Phi) is 3.24. The molecule has 1 atom stereocenters. The van der Waals surface area contributed by atoms with Crippen molar-refractivity contribution in [1.82, 2.24) is 5.32 Å². The van der Waals surface area contributed by atoms with E-state index >= 15 is 0 Å². The van der Waals surface area contributed by atoms with E-state index in [-0.39, 0.29) is 17.8 Å². The first-order valence-corrected chi connectivity index (χ1v) is 5.95. The molecule has 0 aromatic carbocycles. The second-order valence-electron chi connectivity index (χ2n) is 5.11. The van der Waals surface area contributed by atoms with Crippen LogP contribution in [0.3, 0.4) is 0 Å². The average molecular weight is 241 g/mol. The maximum absolute atomic E-state index is 12.2. The molecular weight excluding hydrogens is 222 g/mol. The van der Waals surface area contributed by atoms with Crippen LogP contribution in [0.1, 0.15) is 26.2 Å². The lowest BCUT2D eigenvalue weighted by molar-refractivity contribution is -0.133. The minimum absolute atomic E-state index is 0.0204. The number of hydrogen-bond acceptors (Lipinski definition) is 4. The molecule has 2 aliphatic rings. The number of carbonyl (C=O) groups excluding carboxylic acids is 1. The van der Waals surface area contributed by atoms with E-state index in [1.165, 1.54) is 0 Å². The van der Waals surface area contributed by atoms with Gasteiger partial charge in [0, 0.05) is 6.61 Å². The first-order valence-electron chi connectivity index (χ1n) is 5.95. The fourth-order valence-corrected chi connectivity index (χ4v) is 2.71. The summed E-state index contributed by atoms with van der Waals surface area (Å²) < 4.78 is 5.20. The molecule has 1 amide bonds. The highest BCUT2D eigenvalue weighted by atomic mass is 16.5. The van der Waals surface area contributed by atoms with E-state index in [0.717, 1.165) is 6.42 Å². The molecule has 2 fully saturated rings. The third-order valence-corrected chi connectivity index (χ3v) is 3.69. The molecule has 0 radical (unpaired) electrons. The Morgan fingerprint density at radius 1 is 1.59 bits per heavy atom. The van der Waals surface area contributed by atoms with Crippen molar-refractivity contribution in [3.8, 4) is 0 Å². The SMILES string of the molecule is CC1CC(C(=O)NC2CCOC2)(C(N)=NO)C1. The summed E-state index contributed by atoms with van der Waals surface area (Å²) in [6.45, 7) is 3.28. The molecule has 4 N–H and O–H groups in total. The summed E-state index contributed by atoms with van der Waals surface area (Å²) in [4.78, 5) is 12.2. The summed E-state index contributed by atoms with van der Waals surface area (Å²) in [5.74, 6) is 0.314. The van der Waals surface area contributed by atoms with Crippen molar-refractivity contribution in [1.29, 1.82) is 0 Å². The second kappa shape index (κ2) is 4.52. The molecule has 96 valence electrons. The van der Waals surface area contributed by atoms with Crippen LogP contribution in [0, 0.1) is 11.3 Å². The maximum atomic E-state index is 12.2. The van der Waals surface area contributed by atoms with Gasteiger partial charge >= 0.3 is 0 Å². The van der Waals surface area contributed by atoms with Crippen molar-refractivity contribution in [2.45, 2.75) is 32.2 Å². The first kappa shape index (κ1) is 12.2. The second-order valence-corrected chi connectivity index (χ2v) is 5.11. The summed E-state index contributed by atoms with van der Waals surface area (Å²) in [5.41, 5.74) is 4.85. The lowest BCUT2D eigenvalue weighted by Crippen LogP contribution is -2.58. The smallest absolute Gasteiger partial charge is 0.234 e. The van der Waals surface area contributed by atoms with Crippen LogP contribution in [-0.4, -0.2) is 36.2 Å². The molecule has 1 saturated carbocycles. The topological polar surface area (TPSA) is 96.9 Å². The van der Waals surface area contributed by atoms with Gasteiger partial charge in [-0.3, -0.25) is 4.79 Å². The van der Waals surface area contributed by atoms with Gasteiger partial charge in [-0.25, -0.2) is 0 Å². The molecule has 1 saturated heterocycles. The Morgan fingerprint density at radius 2 is 2.29 bits per heavy atom. The van der Waals surface area contributed by atoms with Crippen molar-refractivity contribution >= 4 is 11.7 Å². The number of carbonyl (C=O) groups is 1. The molecule has 1 unspecified atom stereocenters. The molecule has 6 nitrogen and oxygen atoms in total. The number of amides is 1. The maximum Gasteiger partial charge on any atom is 0.234 e. The fraction of sp³-hybridized carbons (Fsp3) is 0.818. The summed E-state index contributed by atoms with van der Waals surface area (Å²) >= 11 is 0. The highest BCUT2D eigenvalue weighted by molar-refractivity contribution is 6.07. The molecular formula is C11H19N3O3. The molecule has 1 aliphatic heterocycles. The van der Waals surface area contributed by atoms with Crippen LogP contribution in [0.4, 0.5) is 0 Å². The van der Waals surface area contributed by atoms with E-state index in [2.05, 4.69) is 17.4 Å². The Balaban J connectivity index is 2.03. The quantitative estimate of drug-likeness (QED) is 0.281. The van der Waals surface area contributed by atoms with Crippen LogP contribution in [0.25, 0.3) is 0 Å². The van der Waals surface area contributed by atoms with Gasteiger partial charge in [0.15, 0.2) is 5.84 Å². The number of amidine groups is 1. The lowest BCUT2D eigenvalue weighted by atomic mass is 9.61. The number of rotatable bonds is 3. The minimum Gasteiger partial charge on any atom is -0.409 e. The van der Waals surface area contributed by atoms with Crippen LogP contribution < -0.4 is 11.1 Å². The van der Waals surface area contributed by atoms with Crippen molar-refractivity contribution in [3.05, 3.63) is 0 Å². The largest absolute Gasteiger partial charge is 0.409 e. The fourth-order valence-electron chi connectivity index (χ4n) is 2.71. The van der Waals surface area contributed by atoms with Crippen LogP contribution in [0.15, 0.2) is 5.16 Å². The van der Waals surface area contributed by atoms with E-state index in [1.807, 2.05) is 0 Å². The van der Waals surface area contributed by atoms with Gasteiger partial charge in [0.2, 0.25) is 5.91 Å². The number of hydrogen-bond donors (Lipinski definition) is 3. The zero-order chi connectivity index (χ0) is 12.5. The number of nitrogens with two attached hydrogens (primary N) is 1. The highest BCUT2D eigenvalue weighted by Crippen LogP contribution is 2.46. The van der Waals surface area contributed by atoms with Gasteiger partial charge in [-0.05, 0) is 25.2 Å². The molecule has 0 spiro atoms. The van der Waals surface area contributed by atoms with Crippen molar-refractivity contribution in [2.24, 2.45) is 22.2 Å². The Bertz CT molecular complexity index is 331. The minimum atomic E-state index is -0.809. The molecule has 1 heterocycles. The summed E-state index contributed by atoms with van der Waals surface area (Å²) in [7, 11) is 0. The van der Waals surface area contributed by atoms with Crippen LogP contribution in [0.2, 0.25) is 0 Å². The summed E-state index contributed by atoms with van der Waals surface area (Å²) in [6, 6.07) is 0.0572. The Morgan fingerprint density at radius 3 is 2.76 bits per heavy atom. The molecule has 0 bridgehead atoms. The third kappa shape index (κ3) is 2.09. The van der Waals surface area contributed by atoms with Gasteiger partial charge in [0.1, 0.15) is 5.41 Å². The predicted molar refractivity (Wildman–Crippen MR) is 61.6 cm³/mol. The number of ether oxygens (including phenoxy) is 1. The molecule has 1 aliphatic carbocycles. The average Bonchev–Trinajstić information content (AvgIpc) is 2.75. The van der Waals surface area contributed by atoms with Gasteiger partial charge in [-0.1, -0.05) is 12.1 Å². The lowest BCUT2D eigenvalue weighted by Gasteiger charge is -2.44. The van der Waals surface area contributed by atoms with E-state index in [9.17, 15) is 4.79 Å². The van der Waals surface area contributed by atoms with E-state index in [0.29, 0.717) is 32.0 Å². The van der Waals surface area contributed by atoms with E-state index in [1.54, 1.807) is 0 Å². The van der Waals surface area contributed by atoms with Crippen LogP contribution >= 0.6 is 0 Å². The van der Waals surface area contributed by atoms with Crippen molar-refractivity contribution in [2.75, 3.05) is 13.2 Å². The zero-order valence-electron chi connectivity index (χ0n) is 9.98. The molecule has 2 rings (SSSR count). The van der Waals surface area contributed by atoms with Gasteiger partial charge in [-0.15, -0.1) is 0 Å². The summed E-state index contributed by atoms with van der Waals surface area (Å²) in [5, 5.41) is 14.7. The number of nitrogens with one attached hydrogen (secondary N) is 1. The Labute approximate surface area is 100 Å². The predicted octanol–water partition coefficient (Wildman–Crippen LogP) is 0.0542. The first-order chi connectivity index (χ1) is 8.08. The molecule has 17 heavy (non-hydrogen) atoms. The van der Waals surface area contributed by atoms with Gasteiger partial charge in [-0.2, -0.15) is 0 Å². The zero-order valence-corrected chi connectivity index (χ0v) is 9.98. The van der Waals surface area contributed by atoms with Crippen molar-refractivity contribution in [3.63, 3.8) is 0 Å². The monoisotopic (exact) mass is 241 g/mol. The van der Waals surface area contributed by atoms with Gasteiger partial charge in [0.25, 0.3) is 0 Å². The molecule has 0 aromatic rings. The molecule has 0 aromatic heterocycles. The van der Waals surface area contributed by atoms with E-state index in [4.69, 9.17) is 15.7 Å². The third-order valence-electron chi connectivity index (χ3n) is 3.69. The van der Waals surface area contributed by atoms with Crippen LogP contribution in [-0.2, 0) is 9.53 Å². The number of nitrogens with zero attached hydrogens (tertiary/aromatic N) is 1.